The van der Waals surface area contributed by atoms with Crippen LogP contribution < -0.4 is 14.8 Å². The number of amides is 1. The second-order valence-electron chi connectivity index (χ2n) is 6.73. The maximum absolute atomic E-state index is 12.6. The average molecular weight is 447 g/mol. The standard InChI is InChI=1S/C22H20F3N3O4/c1-14(13-26-19(29)12-5-15-3-8-17(30-2)9-4-15)31-18-10-6-16(7-11-18)20-27-21(32-28-20)22(23,24)25/h3-12,14H,13H2,1-2H3,(H,26,29)/b12-5+/t14-/m1/s1. The molecule has 0 radical (unpaired) electrons. The highest BCUT2D eigenvalue weighted by Crippen LogP contribution is 2.29. The van der Waals surface area contributed by atoms with E-state index in [4.69, 9.17) is 9.47 Å². The van der Waals surface area contributed by atoms with Crippen molar-refractivity contribution in [3.05, 3.63) is 66.1 Å². The highest BCUT2D eigenvalue weighted by molar-refractivity contribution is 5.91. The topological polar surface area (TPSA) is 86.5 Å². The van der Waals surface area contributed by atoms with Crippen LogP contribution in [0.5, 0.6) is 11.5 Å². The number of carbonyl (C=O) groups excluding carboxylic acids is 1. The van der Waals surface area contributed by atoms with Crippen molar-refractivity contribution < 1.29 is 32.0 Å². The fraction of sp³-hybridized carbons (Fsp3) is 0.227. The molecule has 10 heteroatoms. The first-order chi connectivity index (χ1) is 15.2. The minimum Gasteiger partial charge on any atom is -0.497 e. The summed E-state index contributed by atoms with van der Waals surface area (Å²) in [6.45, 7) is 2.03. The number of methoxy groups -OCH3 is 1. The second-order valence-corrected chi connectivity index (χ2v) is 6.73. The molecule has 168 valence electrons. The molecule has 1 heterocycles. The van der Waals surface area contributed by atoms with Crippen LogP contribution in [0.25, 0.3) is 17.5 Å². The molecule has 0 aliphatic rings. The number of aromatic nitrogens is 2. The van der Waals surface area contributed by atoms with E-state index in [1.807, 2.05) is 12.1 Å². The molecule has 3 rings (SSSR count). The van der Waals surface area contributed by atoms with Crippen molar-refractivity contribution in [2.24, 2.45) is 0 Å². The maximum Gasteiger partial charge on any atom is 0.471 e. The number of ether oxygens (including phenoxy) is 2. The Bertz CT molecular complexity index is 1060. The van der Waals surface area contributed by atoms with Crippen LogP contribution in [0, 0.1) is 0 Å². The molecule has 3 aromatic rings. The summed E-state index contributed by atoms with van der Waals surface area (Å²) in [4.78, 5) is 15.3. The zero-order valence-corrected chi connectivity index (χ0v) is 17.2. The van der Waals surface area contributed by atoms with Crippen molar-refractivity contribution in [1.82, 2.24) is 15.5 Å². The fourth-order valence-electron chi connectivity index (χ4n) is 2.60. The predicted octanol–water partition coefficient (Wildman–Crippen LogP) is 4.36. The first-order valence-electron chi connectivity index (χ1n) is 9.52. The van der Waals surface area contributed by atoms with Gasteiger partial charge >= 0.3 is 12.1 Å². The van der Waals surface area contributed by atoms with E-state index in [0.717, 1.165) is 11.3 Å². The molecule has 1 amide bonds. The quantitative estimate of drug-likeness (QED) is 0.517. The van der Waals surface area contributed by atoms with Gasteiger partial charge in [-0.3, -0.25) is 4.79 Å². The van der Waals surface area contributed by atoms with Gasteiger partial charge in [-0.15, -0.1) is 0 Å². The highest BCUT2D eigenvalue weighted by atomic mass is 19.4. The monoisotopic (exact) mass is 447 g/mol. The third-order valence-electron chi connectivity index (χ3n) is 4.23. The fourth-order valence-corrected chi connectivity index (χ4v) is 2.60. The van der Waals surface area contributed by atoms with Crippen molar-refractivity contribution in [3.8, 4) is 22.9 Å². The summed E-state index contributed by atoms with van der Waals surface area (Å²) in [5.41, 5.74) is 1.20. The zero-order valence-electron chi connectivity index (χ0n) is 17.2. The number of alkyl halides is 3. The molecule has 1 N–H and O–H groups in total. The number of rotatable bonds is 8. The molecule has 0 fully saturated rings. The third kappa shape index (κ3) is 6.34. The molecular formula is C22H20F3N3O4. The van der Waals surface area contributed by atoms with Gasteiger partial charge in [-0.2, -0.15) is 18.2 Å². The molecule has 32 heavy (non-hydrogen) atoms. The van der Waals surface area contributed by atoms with Crippen molar-refractivity contribution in [2.45, 2.75) is 19.2 Å². The molecule has 0 aliphatic heterocycles. The Labute approximate surface area is 181 Å². The van der Waals surface area contributed by atoms with Crippen LogP contribution >= 0.6 is 0 Å². The molecule has 7 nitrogen and oxygen atoms in total. The Morgan fingerprint density at radius 2 is 1.78 bits per heavy atom. The summed E-state index contributed by atoms with van der Waals surface area (Å²) < 4.78 is 52.7. The van der Waals surface area contributed by atoms with Crippen LogP contribution in [0.2, 0.25) is 0 Å². The van der Waals surface area contributed by atoms with Crippen molar-refractivity contribution in [3.63, 3.8) is 0 Å². The Balaban J connectivity index is 1.48. The molecule has 0 bridgehead atoms. The smallest absolute Gasteiger partial charge is 0.471 e. The molecule has 2 aromatic carbocycles. The van der Waals surface area contributed by atoms with E-state index < -0.39 is 12.1 Å². The van der Waals surface area contributed by atoms with Gasteiger partial charge in [0, 0.05) is 11.6 Å². The largest absolute Gasteiger partial charge is 0.497 e. The van der Waals surface area contributed by atoms with E-state index >= 15 is 0 Å². The lowest BCUT2D eigenvalue weighted by molar-refractivity contribution is -0.159. The van der Waals surface area contributed by atoms with Crippen LogP contribution in [0.15, 0.2) is 59.1 Å². The number of hydrogen-bond acceptors (Lipinski definition) is 6. The number of benzene rings is 2. The molecular weight excluding hydrogens is 427 g/mol. The Hall–Kier alpha value is -3.82. The van der Waals surface area contributed by atoms with Crippen LogP contribution in [-0.4, -0.2) is 35.8 Å². The van der Waals surface area contributed by atoms with Gasteiger partial charge < -0.3 is 19.3 Å². The lowest BCUT2D eigenvalue weighted by Gasteiger charge is -2.15. The summed E-state index contributed by atoms with van der Waals surface area (Å²) >= 11 is 0. The summed E-state index contributed by atoms with van der Waals surface area (Å²) in [6.07, 6.45) is -1.94. The number of nitrogens with zero attached hydrogens (tertiary/aromatic N) is 2. The van der Waals surface area contributed by atoms with Gasteiger partial charge in [-0.05, 0) is 55.0 Å². The lowest BCUT2D eigenvalue weighted by atomic mass is 10.2. The zero-order chi connectivity index (χ0) is 23.1. The number of nitrogens with one attached hydrogen (secondary N) is 1. The van der Waals surface area contributed by atoms with E-state index in [2.05, 4.69) is 20.0 Å². The van der Waals surface area contributed by atoms with Gasteiger partial charge in [0.25, 0.3) is 0 Å². The first kappa shape index (κ1) is 22.9. The van der Waals surface area contributed by atoms with Crippen molar-refractivity contribution in [2.75, 3.05) is 13.7 Å². The number of carbonyl (C=O) groups is 1. The van der Waals surface area contributed by atoms with E-state index in [9.17, 15) is 18.0 Å². The van der Waals surface area contributed by atoms with E-state index in [-0.39, 0.29) is 24.4 Å². The van der Waals surface area contributed by atoms with E-state index in [1.54, 1.807) is 44.4 Å². The molecule has 0 unspecified atom stereocenters. The maximum atomic E-state index is 12.6. The third-order valence-corrected chi connectivity index (χ3v) is 4.23. The Morgan fingerprint density at radius 3 is 2.38 bits per heavy atom. The minimum atomic E-state index is -4.70. The van der Waals surface area contributed by atoms with Crippen molar-refractivity contribution in [1.29, 1.82) is 0 Å². The average Bonchev–Trinajstić information content (AvgIpc) is 3.28. The molecule has 1 atom stereocenters. The van der Waals surface area contributed by atoms with E-state index in [0.29, 0.717) is 11.3 Å². The summed E-state index contributed by atoms with van der Waals surface area (Å²) in [7, 11) is 1.58. The molecule has 0 spiro atoms. The van der Waals surface area contributed by atoms with Crippen LogP contribution in [-0.2, 0) is 11.0 Å². The molecule has 0 aliphatic carbocycles. The number of halogens is 3. The van der Waals surface area contributed by atoms with Gasteiger partial charge in [0.15, 0.2) is 0 Å². The minimum absolute atomic E-state index is 0.173. The lowest BCUT2D eigenvalue weighted by Crippen LogP contribution is -2.32. The van der Waals surface area contributed by atoms with Gasteiger partial charge in [-0.1, -0.05) is 17.3 Å². The molecule has 1 aromatic heterocycles. The normalized spacial score (nSPS) is 12.5. The molecule has 0 saturated carbocycles. The Kier molecular flexibility index (Phi) is 7.14. The summed E-state index contributed by atoms with van der Waals surface area (Å²) in [5.74, 6) is -0.645. The van der Waals surface area contributed by atoms with Crippen LogP contribution in [0.1, 0.15) is 18.4 Å². The van der Waals surface area contributed by atoms with E-state index in [1.165, 1.54) is 18.2 Å². The van der Waals surface area contributed by atoms with Crippen molar-refractivity contribution >= 4 is 12.0 Å². The Morgan fingerprint density at radius 1 is 1.12 bits per heavy atom. The van der Waals surface area contributed by atoms with Gasteiger partial charge in [0.2, 0.25) is 11.7 Å². The van der Waals surface area contributed by atoms with Gasteiger partial charge in [0.05, 0.1) is 13.7 Å². The van der Waals surface area contributed by atoms with Gasteiger partial charge in [-0.25, -0.2) is 0 Å². The second kappa shape index (κ2) is 9.99. The van der Waals surface area contributed by atoms with Crippen LogP contribution in [0.4, 0.5) is 13.2 Å². The first-order valence-corrected chi connectivity index (χ1v) is 9.52. The SMILES string of the molecule is COc1ccc(/C=C/C(=O)NC[C@@H](C)Oc2ccc(-c3noc(C(F)(F)F)n3)cc2)cc1. The highest BCUT2D eigenvalue weighted by Gasteiger charge is 2.38. The van der Waals surface area contributed by atoms with Gasteiger partial charge in [0.1, 0.15) is 17.6 Å². The number of hydrogen-bond donors (Lipinski definition) is 1. The summed E-state index contributed by atoms with van der Waals surface area (Å²) in [5, 5.41) is 6.07. The molecule has 0 saturated heterocycles. The predicted molar refractivity (Wildman–Crippen MR) is 110 cm³/mol. The summed E-state index contributed by atoms with van der Waals surface area (Å²) in [6, 6.07) is 13.4. The van der Waals surface area contributed by atoms with Crippen LogP contribution in [0.3, 0.4) is 0 Å².